The van der Waals surface area contributed by atoms with Crippen LogP contribution in [0.4, 0.5) is 0 Å². The zero-order valence-corrected chi connectivity index (χ0v) is 12.9. The van der Waals surface area contributed by atoms with Crippen molar-refractivity contribution in [2.24, 2.45) is 5.73 Å². The van der Waals surface area contributed by atoms with Gasteiger partial charge in [0.25, 0.3) is 5.91 Å². The summed E-state index contributed by atoms with van der Waals surface area (Å²) in [7, 11) is 0. The summed E-state index contributed by atoms with van der Waals surface area (Å²) < 4.78 is 0.661. The van der Waals surface area contributed by atoms with Crippen molar-refractivity contribution in [3.63, 3.8) is 0 Å². The number of amides is 1. The lowest BCUT2D eigenvalue weighted by Crippen LogP contribution is -2.24. The van der Waals surface area contributed by atoms with Crippen LogP contribution in [0.25, 0.3) is 0 Å². The van der Waals surface area contributed by atoms with Gasteiger partial charge in [-0.15, -0.1) is 0 Å². The lowest BCUT2D eigenvalue weighted by molar-refractivity contribution is 0.0945. The molecule has 4 nitrogen and oxygen atoms in total. The van der Waals surface area contributed by atoms with E-state index in [4.69, 9.17) is 18.0 Å². The van der Waals surface area contributed by atoms with E-state index in [1.807, 2.05) is 24.3 Å². The summed E-state index contributed by atoms with van der Waals surface area (Å²) in [6.07, 6.45) is 1.58. The summed E-state index contributed by atoms with van der Waals surface area (Å²) in [5.74, 6) is -0.238. The van der Waals surface area contributed by atoms with Gasteiger partial charge in [0.05, 0.1) is 0 Å². The van der Waals surface area contributed by atoms with Crippen molar-refractivity contribution in [3.8, 4) is 0 Å². The Bertz CT molecular complexity index is 660. The minimum absolute atomic E-state index is 0.238. The number of halogens is 1. The van der Waals surface area contributed by atoms with E-state index in [0.29, 0.717) is 21.7 Å². The summed E-state index contributed by atoms with van der Waals surface area (Å²) in [5.41, 5.74) is 7.65. The third-order valence-electron chi connectivity index (χ3n) is 2.64. The first-order chi connectivity index (χ1) is 9.58. The van der Waals surface area contributed by atoms with E-state index >= 15 is 0 Å². The number of rotatable bonds is 4. The van der Waals surface area contributed by atoms with E-state index in [1.165, 1.54) is 0 Å². The summed E-state index contributed by atoms with van der Waals surface area (Å²) in [5, 5.41) is 2.81. The third kappa shape index (κ3) is 3.61. The summed E-state index contributed by atoms with van der Waals surface area (Å²) in [4.78, 5) is 16.4. The molecule has 102 valence electrons. The van der Waals surface area contributed by atoms with Gasteiger partial charge >= 0.3 is 0 Å². The predicted molar refractivity (Wildman–Crippen MR) is 85.4 cm³/mol. The summed E-state index contributed by atoms with van der Waals surface area (Å²) in [6, 6.07) is 11.0. The highest BCUT2D eigenvalue weighted by Gasteiger charge is 2.10. The van der Waals surface area contributed by atoms with Crippen LogP contribution < -0.4 is 11.1 Å². The molecule has 1 aromatic carbocycles. The molecule has 0 bridgehead atoms. The molecular formula is C14H12BrN3OS. The molecule has 0 unspecified atom stereocenters. The minimum atomic E-state index is -0.238. The molecule has 1 amide bonds. The van der Waals surface area contributed by atoms with Crippen molar-refractivity contribution >= 4 is 39.0 Å². The number of benzene rings is 1. The second kappa shape index (κ2) is 6.58. The van der Waals surface area contributed by atoms with Gasteiger partial charge in [-0.25, -0.2) is 4.98 Å². The fourth-order valence-corrected chi connectivity index (χ4v) is 2.22. The average molecular weight is 350 g/mol. The van der Waals surface area contributed by atoms with Crippen molar-refractivity contribution < 1.29 is 4.79 Å². The fraction of sp³-hybridized carbons (Fsp3) is 0.0714. The molecule has 0 aliphatic carbocycles. The summed E-state index contributed by atoms with van der Waals surface area (Å²) >= 11 is 8.22. The molecule has 0 spiro atoms. The SMILES string of the molecule is NC(=S)c1cccc(CNC(=O)c2ncccc2Br)c1. The Balaban J connectivity index is 2.06. The molecule has 2 aromatic rings. The molecule has 0 atom stereocenters. The zero-order chi connectivity index (χ0) is 14.5. The standard InChI is InChI=1S/C14H12BrN3OS/c15-11-5-2-6-17-12(11)14(19)18-8-9-3-1-4-10(7-9)13(16)20/h1-7H,8H2,(H2,16,20)(H,18,19). The number of carbonyl (C=O) groups excluding carboxylic acids is 1. The molecule has 0 radical (unpaired) electrons. The van der Waals surface area contributed by atoms with Crippen LogP contribution in [-0.2, 0) is 6.54 Å². The normalized spacial score (nSPS) is 10.1. The van der Waals surface area contributed by atoms with Gasteiger partial charge in [-0.3, -0.25) is 4.79 Å². The van der Waals surface area contributed by atoms with Gasteiger partial charge in [-0.05, 0) is 39.7 Å². The van der Waals surface area contributed by atoms with E-state index in [9.17, 15) is 4.79 Å². The van der Waals surface area contributed by atoms with Crippen LogP contribution in [0.1, 0.15) is 21.6 Å². The smallest absolute Gasteiger partial charge is 0.271 e. The Hall–Kier alpha value is -1.79. The molecule has 1 heterocycles. The number of aromatic nitrogens is 1. The second-order valence-electron chi connectivity index (χ2n) is 4.08. The van der Waals surface area contributed by atoms with Crippen LogP contribution in [0.5, 0.6) is 0 Å². The zero-order valence-electron chi connectivity index (χ0n) is 10.5. The Morgan fingerprint density at radius 3 is 2.85 bits per heavy atom. The number of nitrogens with one attached hydrogen (secondary N) is 1. The molecule has 2 rings (SSSR count). The van der Waals surface area contributed by atoms with Crippen LogP contribution in [0.15, 0.2) is 47.1 Å². The van der Waals surface area contributed by atoms with Crippen LogP contribution in [0.3, 0.4) is 0 Å². The molecule has 0 saturated heterocycles. The van der Waals surface area contributed by atoms with E-state index in [2.05, 4.69) is 26.2 Å². The van der Waals surface area contributed by atoms with E-state index in [1.54, 1.807) is 18.3 Å². The number of thiocarbonyl (C=S) groups is 1. The molecule has 0 fully saturated rings. The first kappa shape index (κ1) is 14.6. The topological polar surface area (TPSA) is 68.0 Å². The van der Waals surface area contributed by atoms with Gasteiger partial charge in [-0.1, -0.05) is 30.4 Å². The van der Waals surface area contributed by atoms with Gasteiger partial charge in [0.1, 0.15) is 10.7 Å². The second-order valence-corrected chi connectivity index (χ2v) is 5.38. The van der Waals surface area contributed by atoms with E-state index in [-0.39, 0.29) is 5.91 Å². The van der Waals surface area contributed by atoms with E-state index < -0.39 is 0 Å². The van der Waals surface area contributed by atoms with Crippen molar-refractivity contribution in [1.82, 2.24) is 10.3 Å². The quantitative estimate of drug-likeness (QED) is 0.831. The van der Waals surface area contributed by atoms with E-state index in [0.717, 1.165) is 11.1 Å². The first-order valence-corrected chi connectivity index (χ1v) is 7.05. The molecule has 3 N–H and O–H groups in total. The van der Waals surface area contributed by atoms with Crippen molar-refractivity contribution in [2.45, 2.75) is 6.54 Å². The van der Waals surface area contributed by atoms with Gasteiger partial charge in [0.15, 0.2) is 0 Å². The van der Waals surface area contributed by atoms with Gasteiger partial charge < -0.3 is 11.1 Å². The number of nitrogens with zero attached hydrogens (tertiary/aromatic N) is 1. The highest BCUT2D eigenvalue weighted by atomic mass is 79.9. The fourth-order valence-electron chi connectivity index (χ4n) is 1.65. The first-order valence-electron chi connectivity index (χ1n) is 5.85. The molecule has 6 heteroatoms. The van der Waals surface area contributed by atoms with Gasteiger partial charge in [0, 0.05) is 22.8 Å². The molecule has 0 aliphatic rings. The van der Waals surface area contributed by atoms with Crippen molar-refractivity contribution in [3.05, 3.63) is 63.9 Å². The Morgan fingerprint density at radius 2 is 2.15 bits per heavy atom. The van der Waals surface area contributed by atoms with Crippen molar-refractivity contribution in [2.75, 3.05) is 0 Å². The lowest BCUT2D eigenvalue weighted by atomic mass is 10.1. The average Bonchev–Trinajstić information content (AvgIpc) is 2.45. The number of hydrogen-bond donors (Lipinski definition) is 2. The lowest BCUT2D eigenvalue weighted by Gasteiger charge is -2.07. The Morgan fingerprint density at radius 1 is 1.35 bits per heavy atom. The number of nitrogens with two attached hydrogens (primary N) is 1. The largest absolute Gasteiger partial charge is 0.389 e. The van der Waals surface area contributed by atoms with Crippen LogP contribution in [0, 0.1) is 0 Å². The minimum Gasteiger partial charge on any atom is -0.389 e. The maximum atomic E-state index is 12.0. The molecule has 1 aromatic heterocycles. The molecule has 0 saturated carbocycles. The van der Waals surface area contributed by atoms with Crippen LogP contribution in [-0.4, -0.2) is 15.9 Å². The number of carbonyl (C=O) groups is 1. The maximum Gasteiger partial charge on any atom is 0.271 e. The maximum absolute atomic E-state index is 12.0. The van der Waals surface area contributed by atoms with Gasteiger partial charge in [-0.2, -0.15) is 0 Å². The number of pyridine rings is 1. The van der Waals surface area contributed by atoms with Crippen LogP contribution in [0.2, 0.25) is 0 Å². The monoisotopic (exact) mass is 349 g/mol. The molecule has 20 heavy (non-hydrogen) atoms. The highest BCUT2D eigenvalue weighted by Crippen LogP contribution is 2.13. The number of hydrogen-bond acceptors (Lipinski definition) is 3. The summed E-state index contributed by atoms with van der Waals surface area (Å²) in [6.45, 7) is 0.387. The Kier molecular flexibility index (Phi) is 4.81. The van der Waals surface area contributed by atoms with Crippen LogP contribution >= 0.6 is 28.1 Å². The highest BCUT2D eigenvalue weighted by molar-refractivity contribution is 9.10. The molecular weight excluding hydrogens is 338 g/mol. The van der Waals surface area contributed by atoms with Gasteiger partial charge in [0.2, 0.25) is 0 Å². The molecule has 0 aliphatic heterocycles. The van der Waals surface area contributed by atoms with Crippen molar-refractivity contribution in [1.29, 1.82) is 0 Å². The predicted octanol–water partition coefficient (Wildman–Crippen LogP) is 2.41. The Labute approximate surface area is 130 Å². The third-order valence-corrected chi connectivity index (χ3v) is 3.51.